The van der Waals surface area contributed by atoms with Crippen molar-refractivity contribution in [3.8, 4) is 11.5 Å². The SMILES string of the molecule is COc1ccc(Br)c(CNc2nccs2)c1OCc1c(F)cccc1Cl. The summed E-state index contributed by atoms with van der Waals surface area (Å²) < 4.78 is 26.2. The molecule has 0 fully saturated rings. The van der Waals surface area contributed by atoms with Crippen molar-refractivity contribution in [1.29, 1.82) is 0 Å². The average molecular weight is 458 g/mol. The van der Waals surface area contributed by atoms with Gasteiger partial charge in [-0.05, 0) is 24.3 Å². The Hall–Kier alpha value is -1.83. The largest absolute Gasteiger partial charge is 0.493 e. The Bertz CT molecular complexity index is 873. The van der Waals surface area contributed by atoms with E-state index in [1.807, 2.05) is 11.4 Å². The van der Waals surface area contributed by atoms with E-state index >= 15 is 0 Å². The minimum atomic E-state index is -0.408. The van der Waals surface area contributed by atoms with Crippen LogP contribution in [0.25, 0.3) is 0 Å². The number of ether oxygens (including phenoxy) is 2. The van der Waals surface area contributed by atoms with Crippen molar-refractivity contribution in [1.82, 2.24) is 4.98 Å². The van der Waals surface area contributed by atoms with Crippen molar-refractivity contribution in [3.63, 3.8) is 0 Å². The van der Waals surface area contributed by atoms with Crippen molar-refractivity contribution in [3.05, 3.63) is 68.3 Å². The third kappa shape index (κ3) is 4.28. The van der Waals surface area contributed by atoms with Gasteiger partial charge in [-0.1, -0.05) is 33.6 Å². The van der Waals surface area contributed by atoms with Crippen LogP contribution >= 0.6 is 38.9 Å². The minimum Gasteiger partial charge on any atom is -0.493 e. The molecule has 1 aromatic heterocycles. The van der Waals surface area contributed by atoms with E-state index in [0.717, 1.165) is 15.2 Å². The predicted octanol–water partition coefficient (Wildman–Crippen LogP) is 5.90. The minimum absolute atomic E-state index is 0.0113. The van der Waals surface area contributed by atoms with E-state index in [4.69, 9.17) is 21.1 Å². The van der Waals surface area contributed by atoms with Gasteiger partial charge in [-0.3, -0.25) is 0 Å². The fraction of sp³-hybridized carbons (Fsp3) is 0.167. The second kappa shape index (κ2) is 8.70. The van der Waals surface area contributed by atoms with Gasteiger partial charge in [0, 0.05) is 33.7 Å². The Morgan fingerprint density at radius 2 is 2.12 bits per heavy atom. The van der Waals surface area contributed by atoms with Crippen LogP contribution in [0.5, 0.6) is 11.5 Å². The fourth-order valence-electron chi connectivity index (χ4n) is 2.36. The monoisotopic (exact) mass is 456 g/mol. The highest BCUT2D eigenvalue weighted by molar-refractivity contribution is 9.10. The highest BCUT2D eigenvalue weighted by Gasteiger charge is 2.17. The van der Waals surface area contributed by atoms with E-state index < -0.39 is 5.82 Å². The molecule has 1 N–H and O–H groups in total. The van der Waals surface area contributed by atoms with Crippen LogP contribution in [-0.2, 0) is 13.2 Å². The summed E-state index contributed by atoms with van der Waals surface area (Å²) in [5.74, 6) is 0.663. The number of halogens is 3. The molecule has 26 heavy (non-hydrogen) atoms. The van der Waals surface area contributed by atoms with E-state index in [2.05, 4.69) is 26.2 Å². The van der Waals surface area contributed by atoms with Gasteiger partial charge >= 0.3 is 0 Å². The summed E-state index contributed by atoms with van der Waals surface area (Å²) in [7, 11) is 1.56. The Kier molecular flexibility index (Phi) is 6.34. The summed E-state index contributed by atoms with van der Waals surface area (Å²) in [5.41, 5.74) is 1.14. The number of aromatic nitrogens is 1. The molecule has 8 heteroatoms. The lowest BCUT2D eigenvalue weighted by atomic mass is 10.1. The number of rotatable bonds is 7. The van der Waals surface area contributed by atoms with E-state index in [1.165, 1.54) is 17.4 Å². The third-order valence-electron chi connectivity index (χ3n) is 3.66. The Balaban J connectivity index is 1.87. The first kappa shape index (κ1) is 18.9. The van der Waals surface area contributed by atoms with Crippen LogP contribution in [-0.4, -0.2) is 12.1 Å². The van der Waals surface area contributed by atoms with Crippen LogP contribution in [0.2, 0.25) is 5.02 Å². The first-order valence-electron chi connectivity index (χ1n) is 7.64. The van der Waals surface area contributed by atoms with Gasteiger partial charge in [0.05, 0.1) is 12.1 Å². The first-order chi connectivity index (χ1) is 12.6. The van der Waals surface area contributed by atoms with Crippen molar-refractivity contribution in [2.24, 2.45) is 0 Å². The summed E-state index contributed by atoms with van der Waals surface area (Å²) >= 11 is 11.1. The number of methoxy groups -OCH3 is 1. The van der Waals surface area contributed by atoms with Crippen LogP contribution in [0.4, 0.5) is 9.52 Å². The average Bonchev–Trinajstić information content (AvgIpc) is 3.14. The van der Waals surface area contributed by atoms with Crippen LogP contribution in [0.3, 0.4) is 0 Å². The summed E-state index contributed by atoms with van der Waals surface area (Å²) in [4.78, 5) is 4.20. The molecule has 0 saturated carbocycles. The Labute approximate surface area is 168 Å². The van der Waals surface area contributed by atoms with E-state index in [9.17, 15) is 4.39 Å². The van der Waals surface area contributed by atoms with Crippen LogP contribution in [0.15, 0.2) is 46.4 Å². The van der Waals surface area contributed by atoms with E-state index in [0.29, 0.717) is 28.6 Å². The van der Waals surface area contributed by atoms with E-state index in [1.54, 1.807) is 31.5 Å². The van der Waals surface area contributed by atoms with Crippen LogP contribution < -0.4 is 14.8 Å². The molecule has 0 aliphatic rings. The number of nitrogens with one attached hydrogen (secondary N) is 1. The molecule has 0 spiro atoms. The second-order valence-corrected chi connectivity index (χ2v) is 7.39. The quantitative estimate of drug-likeness (QED) is 0.480. The molecule has 1 heterocycles. The summed E-state index contributed by atoms with van der Waals surface area (Å²) in [6.45, 7) is 0.453. The van der Waals surface area contributed by atoms with Gasteiger partial charge in [0.2, 0.25) is 0 Å². The zero-order valence-corrected chi connectivity index (χ0v) is 16.9. The maximum absolute atomic E-state index is 14.0. The standard InChI is InChI=1S/C18H15BrClFN2O2S/c1-24-16-6-5-13(19)11(9-23-18-22-7-8-26-18)17(16)25-10-12-14(20)3-2-4-15(12)21/h2-8H,9-10H2,1H3,(H,22,23). The molecule has 3 rings (SSSR count). The van der Waals surface area contributed by atoms with Crippen LogP contribution in [0, 0.1) is 5.82 Å². The topological polar surface area (TPSA) is 43.4 Å². The molecule has 0 radical (unpaired) electrons. The van der Waals surface area contributed by atoms with Gasteiger partial charge in [-0.15, -0.1) is 11.3 Å². The molecular formula is C18H15BrClFN2O2S. The number of anilines is 1. The van der Waals surface area contributed by atoms with Gasteiger partial charge < -0.3 is 14.8 Å². The lowest BCUT2D eigenvalue weighted by molar-refractivity contribution is 0.277. The van der Waals surface area contributed by atoms with Gasteiger partial charge in [0.15, 0.2) is 16.6 Å². The zero-order valence-electron chi connectivity index (χ0n) is 13.8. The van der Waals surface area contributed by atoms with Gasteiger partial charge in [-0.2, -0.15) is 0 Å². The number of benzene rings is 2. The fourth-order valence-corrected chi connectivity index (χ4v) is 3.55. The summed E-state index contributed by atoms with van der Waals surface area (Å²) in [5, 5.41) is 6.24. The Morgan fingerprint density at radius 3 is 2.81 bits per heavy atom. The number of hydrogen-bond donors (Lipinski definition) is 1. The number of thiazole rings is 1. The molecule has 3 aromatic rings. The number of nitrogens with zero attached hydrogens (tertiary/aromatic N) is 1. The normalized spacial score (nSPS) is 10.6. The maximum Gasteiger partial charge on any atom is 0.182 e. The first-order valence-corrected chi connectivity index (χ1v) is 9.69. The smallest absolute Gasteiger partial charge is 0.182 e. The summed E-state index contributed by atoms with van der Waals surface area (Å²) in [6.07, 6.45) is 1.73. The Morgan fingerprint density at radius 1 is 1.27 bits per heavy atom. The second-order valence-electron chi connectivity index (χ2n) is 5.24. The highest BCUT2D eigenvalue weighted by Crippen LogP contribution is 2.38. The molecule has 2 aromatic carbocycles. The molecule has 0 amide bonds. The molecule has 0 atom stereocenters. The molecule has 4 nitrogen and oxygen atoms in total. The molecule has 0 saturated heterocycles. The lowest BCUT2D eigenvalue weighted by Crippen LogP contribution is -2.07. The summed E-state index contributed by atoms with van der Waals surface area (Å²) in [6, 6.07) is 8.21. The van der Waals surface area contributed by atoms with Crippen molar-refractivity contribution in [2.45, 2.75) is 13.2 Å². The molecule has 0 bridgehead atoms. The van der Waals surface area contributed by atoms with Crippen molar-refractivity contribution >= 4 is 44.0 Å². The van der Waals surface area contributed by atoms with Gasteiger partial charge in [0.25, 0.3) is 0 Å². The van der Waals surface area contributed by atoms with Gasteiger partial charge in [-0.25, -0.2) is 9.37 Å². The van der Waals surface area contributed by atoms with E-state index in [-0.39, 0.29) is 6.61 Å². The molecular weight excluding hydrogens is 443 g/mol. The van der Waals surface area contributed by atoms with Crippen LogP contribution in [0.1, 0.15) is 11.1 Å². The van der Waals surface area contributed by atoms with Gasteiger partial charge in [0.1, 0.15) is 12.4 Å². The molecule has 0 aliphatic carbocycles. The third-order valence-corrected chi connectivity index (χ3v) is 5.49. The predicted molar refractivity (Wildman–Crippen MR) is 106 cm³/mol. The van der Waals surface area contributed by atoms with Crippen molar-refractivity contribution in [2.75, 3.05) is 12.4 Å². The molecule has 136 valence electrons. The zero-order chi connectivity index (χ0) is 18.5. The lowest BCUT2D eigenvalue weighted by Gasteiger charge is -2.17. The highest BCUT2D eigenvalue weighted by atomic mass is 79.9. The van der Waals surface area contributed by atoms with Crippen molar-refractivity contribution < 1.29 is 13.9 Å². The molecule has 0 aliphatic heterocycles. The number of hydrogen-bond acceptors (Lipinski definition) is 5. The maximum atomic E-state index is 14.0. The molecule has 0 unspecified atom stereocenters.